The van der Waals surface area contributed by atoms with E-state index >= 15 is 0 Å². The van der Waals surface area contributed by atoms with Gasteiger partial charge in [-0.05, 0) is 36.2 Å². The van der Waals surface area contributed by atoms with Crippen molar-refractivity contribution in [1.29, 1.82) is 0 Å². The molecule has 2 aromatic heterocycles. The van der Waals surface area contributed by atoms with Crippen LogP contribution in [0.2, 0.25) is 5.02 Å². The second-order valence-corrected chi connectivity index (χ2v) is 7.04. The molecule has 136 valence electrons. The molecule has 2 aromatic carbocycles. The second-order valence-electron chi connectivity index (χ2n) is 6.61. The van der Waals surface area contributed by atoms with E-state index in [1.165, 1.54) is 11.6 Å². The highest BCUT2D eigenvalue weighted by Crippen LogP contribution is 2.32. The van der Waals surface area contributed by atoms with Crippen LogP contribution >= 0.6 is 11.6 Å². The molecule has 0 N–H and O–H groups in total. The zero-order valence-corrected chi connectivity index (χ0v) is 16.0. The number of aromatic nitrogens is 3. The van der Waals surface area contributed by atoms with E-state index in [1.807, 2.05) is 54.1 Å². The lowest BCUT2D eigenvalue weighted by Crippen LogP contribution is -2.36. The first-order chi connectivity index (χ1) is 12.9. The van der Waals surface area contributed by atoms with Crippen LogP contribution in [0.4, 0.5) is 0 Å². The molecule has 0 amide bonds. The van der Waals surface area contributed by atoms with Crippen LogP contribution in [0.1, 0.15) is 5.56 Å². The van der Waals surface area contributed by atoms with Crippen molar-refractivity contribution in [3.63, 3.8) is 0 Å². The van der Waals surface area contributed by atoms with Crippen LogP contribution in [-0.4, -0.2) is 13.7 Å². The van der Waals surface area contributed by atoms with Gasteiger partial charge in [-0.1, -0.05) is 41.9 Å². The van der Waals surface area contributed by atoms with Gasteiger partial charge in [0.25, 0.3) is 5.56 Å². The van der Waals surface area contributed by atoms with Crippen molar-refractivity contribution in [3.8, 4) is 16.9 Å². The number of rotatable bonds is 2. The Kier molecular flexibility index (Phi) is 4.04. The summed E-state index contributed by atoms with van der Waals surface area (Å²) in [4.78, 5) is 25.4. The largest absolute Gasteiger partial charge is 0.330 e. The van der Waals surface area contributed by atoms with Gasteiger partial charge in [0.1, 0.15) is 0 Å². The highest BCUT2D eigenvalue weighted by Gasteiger charge is 2.20. The molecule has 0 aliphatic heterocycles. The molecule has 0 bridgehead atoms. The zero-order chi connectivity index (χ0) is 19.3. The number of hydrogen-bond acceptors (Lipinski definition) is 2. The minimum absolute atomic E-state index is 0.314. The van der Waals surface area contributed by atoms with Gasteiger partial charge in [-0.3, -0.25) is 13.9 Å². The molecular formula is C21H18ClN3O2. The summed E-state index contributed by atoms with van der Waals surface area (Å²) in [6.07, 6.45) is 1.85. The Labute approximate surface area is 160 Å². The van der Waals surface area contributed by atoms with Gasteiger partial charge >= 0.3 is 5.69 Å². The Balaban J connectivity index is 2.23. The summed E-state index contributed by atoms with van der Waals surface area (Å²) in [7, 11) is 3.18. The SMILES string of the molecule is Cc1ccccc1-n1cc2c(c1-c1ccc(Cl)cc1)c(=O)n(C)c(=O)n2C. The fraction of sp³-hybridized carbons (Fsp3) is 0.143. The van der Waals surface area contributed by atoms with Gasteiger partial charge in [-0.2, -0.15) is 0 Å². The third-order valence-corrected chi connectivity index (χ3v) is 5.18. The molecule has 4 aromatic rings. The lowest BCUT2D eigenvalue weighted by Gasteiger charge is -2.12. The fourth-order valence-electron chi connectivity index (χ4n) is 3.46. The summed E-state index contributed by atoms with van der Waals surface area (Å²) in [5.74, 6) is 0. The standard InChI is InChI=1S/C21H18ClN3O2/c1-13-6-4-5-7-16(13)25-12-17-18(20(26)24(3)21(27)23(17)2)19(25)14-8-10-15(22)11-9-14/h4-12H,1-3H3. The average Bonchev–Trinajstić information content (AvgIpc) is 3.06. The van der Waals surface area contributed by atoms with Crippen LogP contribution < -0.4 is 11.2 Å². The molecule has 6 heteroatoms. The lowest BCUT2D eigenvalue weighted by molar-refractivity contribution is 0.714. The molecule has 0 radical (unpaired) electrons. The van der Waals surface area contributed by atoms with Crippen LogP contribution in [0.5, 0.6) is 0 Å². The molecule has 0 saturated heterocycles. The van der Waals surface area contributed by atoms with E-state index in [0.29, 0.717) is 15.9 Å². The third-order valence-electron chi connectivity index (χ3n) is 4.93. The molecule has 0 spiro atoms. The Bertz CT molecular complexity index is 1290. The van der Waals surface area contributed by atoms with Crippen molar-refractivity contribution in [2.45, 2.75) is 6.92 Å². The molecule has 27 heavy (non-hydrogen) atoms. The van der Waals surface area contributed by atoms with Crippen LogP contribution in [0.3, 0.4) is 0 Å². The number of benzene rings is 2. The van der Waals surface area contributed by atoms with Gasteiger partial charge in [0.2, 0.25) is 0 Å². The maximum Gasteiger partial charge on any atom is 0.330 e. The van der Waals surface area contributed by atoms with E-state index in [1.54, 1.807) is 19.2 Å². The Morgan fingerprint density at radius 1 is 0.889 bits per heavy atom. The first-order valence-electron chi connectivity index (χ1n) is 8.53. The molecule has 0 fully saturated rings. The summed E-state index contributed by atoms with van der Waals surface area (Å²) >= 11 is 6.06. The number of fused-ring (bicyclic) bond motifs is 1. The predicted molar refractivity (Wildman–Crippen MR) is 109 cm³/mol. The van der Waals surface area contributed by atoms with Crippen molar-refractivity contribution in [2.75, 3.05) is 0 Å². The van der Waals surface area contributed by atoms with E-state index < -0.39 is 0 Å². The van der Waals surface area contributed by atoms with Gasteiger partial charge in [0.05, 0.1) is 16.6 Å². The average molecular weight is 380 g/mol. The van der Waals surface area contributed by atoms with Crippen LogP contribution in [0.25, 0.3) is 27.8 Å². The van der Waals surface area contributed by atoms with Gasteiger partial charge in [0, 0.05) is 31.0 Å². The minimum Gasteiger partial charge on any atom is -0.313 e. The molecule has 0 aliphatic rings. The van der Waals surface area contributed by atoms with Crippen LogP contribution in [0, 0.1) is 6.92 Å². The molecule has 2 heterocycles. The molecule has 0 saturated carbocycles. The molecule has 5 nitrogen and oxygen atoms in total. The van der Waals surface area contributed by atoms with Crippen LogP contribution in [0.15, 0.2) is 64.3 Å². The summed E-state index contributed by atoms with van der Waals surface area (Å²) in [5.41, 5.74) is 3.54. The summed E-state index contributed by atoms with van der Waals surface area (Å²) in [6, 6.07) is 15.3. The molecule has 0 aliphatic carbocycles. The third kappa shape index (κ3) is 2.62. The van der Waals surface area contributed by atoms with Crippen LogP contribution in [-0.2, 0) is 14.1 Å². The van der Waals surface area contributed by atoms with Gasteiger partial charge < -0.3 is 4.57 Å². The number of para-hydroxylation sites is 1. The normalized spacial score (nSPS) is 11.3. The highest BCUT2D eigenvalue weighted by atomic mass is 35.5. The van der Waals surface area contributed by atoms with E-state index in [4.69, 9.17) is 11.6 Å². The number of hydrogen-bond donors (Lipinski definition) is 0. The van der Waals surface area contributed by atoms with Crippen molar-refractivity contribution < 1.29 is 0 Å². The molecular weight excluding hydrogens is 362 g/mol. The summed E-state index contributed by atoms with van der Waals surface area (Å²) in [6.45, 7) is 2.02. The monoisotopic (exact) mass is 379 g/mol. The van der Waals surface area contributed by atoms with Crippen molar-refractivity contribution in [2.24, 2.45) is 14.1 Å². The smallest absolute Gasteiger partial charge is 0.313 e. The minimum atomic E-state index is -0.350. The number of aryl methyl sites for hydroxylation is 2. The van der Waals surface area contributed by atoms with Gasteiger partial charge in [-0.25, -0.2) is 4.79 Å². The fourth-order valence-corrected chi connectivity index (χ4v) is 3.58. The van der Waals surface area contributed by atoms with E-state index in [-0.39, 0.29) is 11.2 Å². The maximum absolute atomic E-state index is 13.0. The first-order valence-corrected chi connectivity index (χ1v) is 8.91. The number of nitrogens with zero attached hydrogens (tertiary/aromatic N) is 3. The maximum atomic E-state index is 13.0. The Hall–Kier alpha value is -3.05. The van der Waals surface area contributed by atoms with Crippen molar-refractivity contribution >= 4 is 22.5 Å². The summed E-state index contributed by atoms with van der Waals surface area (Å²) in [5, 5.41) is 1.13. The molecule has 4 rings (SSSR count). The highest BCUT2D eigenvalue weighted by molar-refractivity contribution is 6.30. The zero-order valence-electron chi connectivity index (χ0n) is 15.2. The molecule has 0 atom stereocenters. The summed E-state index contributed by atoms with van der Waals surface area (Å²) < 4.78 is 4.62. The van der Waals surface area contributed by atoms with E-state index in [2.05, 4.69) is 0 Å². The first kappa shape index (κ1) is 17.4. The van der Waals surface area contributed by atoms with E-state index in [0.717, 1.165) is 27.1 Å². The quantitative estimate of drug-likeness (QED) is 0.533. The Morgan fingerprint density at radius 3 is 2.22 bits per heavy atom. The second kappa shape index (κ2) is 6.28. The topological polar surface area (TPSA) is 48.9 Å². The van der Waals surface area contributed by atoms with E-state index in [9.17, 15) is 9.59 Å². The molecule has 0 unspecified atom stereocenters. The Morgan fingerprint density at radius 2 is 1.56 bits per heavy atom. The number of halogens is 1. The van der Waals surface area contributed by atoms with Crippen molar-refractivity contribution in [1.82, 2.24) is 13.7 Å². The predicted octanol–water partition coefficient (Wildman–Crippen LogP) is 3.66. The van der Waals surface area contributed by atoms with Gasteiger partial charge in [0.15, 0.2) is 0 Å². The lowest BCUT2D eigenvalue weighted by atomic mass is 10.1. The van der Waals surface area contributed by atoms with Crippen molar-refractivity contribution in [3.05, 3.63) is 86.2 Å². The van der Waals surface area contributed by atoms with Gasteiger partial charge in [-0.15, -0.1) is 0 Å².